The molecule has 3 rings (SSSR count). The summed E-state index contributed by atoms with van der Waals surface area (Å²) >= 11 is 0. The predicted molar refractivity (Wildman–Crippen MR) is 109 cm³/mol. The molecule has 0 fully saturated rings. The van der Waals surface area contributed by atoms with Crippen LogP contribution < -0.4 is 19.9 Å². The van der Waals surface area contributed by atoms with Gasteiger partial charge in [0.1, 0.15) is 12.3 Å². The Balaban J connectivity index is 1.54. The zero-order valence-corrected chi connectivity index (χ0v) is 16.4. The quantitative estimate of drug-likeness (QED) is 0.751. The number of rotatable bonds is 6. The summed E-state index contributed by atoms with van der Waals surface area (Å²) < 4.78 is 10.6. The Hall–Kier alpha value is -3.55. The Morgan fingerprint density at radius 3 is 2.59 bits per heavy atom. The monoisotopic (exact) mass is 397 g/mol. The summed E-state index contributed by atoms with van der Waals surface area (Å²) in [5.74, 6) is -0.836. The fraction of sp³-hybridized carbons (Fsp3) is 0.286. The Kier molecular flexibility index (Phi) is 6.33. The standard InChI is InChI=1S/C21H23N3O5/c1-23(2)16-9-7-15(8-10-16)22-19(25)14-29-21(27)13-24-17-5-3-4-6-18(17)28-12-11-20(24)26/h3-10H,11-14H2,1-2H3,(H,22,25). The fourth-order valence-corrected chi connectivity index (χ4v) is 2.85. The number of amides is 2. The molecule has 0 aliphatic carbocycles. The molecule has 8 nitrogen and oxygen atoms in total. The number of carbonyl (C=O) groups is 3. The van der Waals surface area contributed by atoms with E-state index < -0.39 is 18.5 Å². The van der Waals surface area contributed by atoms with Crippen LogP contribution in [0.2, 0.25) is 0 Å². The maximum absolute atomic E-state index is 12.3. The minimum Gasteiger partial charge on any atom is -0.491 e. The lowest BCUT2D eigenvalue weighted by Gasteiger charge is -2.20. The molecule has 29 heavy (non-hydrogen) atoms. The lowest BCUT2D eigenvalue weighted by molar-refractivity contribution is -0.146. The molecule has 1 heterocycles. The predicted octanol–water partition coefficient (Wildman–Crippen LogP) is 2.05. The molecule has 0 bridgehead atoms. The summed E-state index contributed by atoms with van der Waals surface area (Å²) in [5.41, 5.74) is 2.11. The lowest BCUT2D eigenvalue weighted by atomic mass is 10.2. The highest BCUT2D eigenvalue weighted by atomic mass is 16.5. The molecular formula is C21H23N3O5. The zero-order chi connectivity index (χ0) is 20.8. The Labute approximate surface area is 169 Å². The number of esters is 1. The van der Waals surface area contributed by atoms with Crippen LogP contribution in [-0.4, -0.2) is 51.6 Å². The lowest BCUT2D eigenvalue weighted by Crippen LogP contribution is -2.36. The van der Waals surface area contributed by atoms with E-state index in [1.807, 2.05) is 31.1 Å². The van der Waals surface area contributed by atoms with Crippen molar-refractivity contribution >= 4 is 34.8 Å². The van der Waals surface area contributed by atoms with E-state index in [0.717, 1.165) is 5.69 Å². The van der Waals surface area contributed by atoms with Gasteiger partial charge in [-0.1, -0.05) is 12.1 Å². The van der Waals surface area contributed by atoms with Crippen molar-refractivity contribution in [3.8, 4) is 5.75 Å². The molecule has 0 spiro atoms. The van der Waals surface area contributed by atoms with Gasteiger partial charge in [0.05, 0.1) is 18.7 Å². The molecule has 8 heteroatoms. The number of fused-ring (bicyclic) bond motifs is 1. The minimum absolute atomic E-state index is 0.158. The Bertz CT molecular complexity index is 895. The highest BCUT2D eigenvalue weighted by Crippen LogP contribution is 2.30. The van der Waals surface area contributed by atoms with E-state index >= 15 is 0 Å². The SMILES string of the molecule is CN(C)c1ccc(NC(=O)COC(=O)CN2C(=O)CCOc3ccccc32)cc1. The van der Waals surface area contributed by atoms with Gasteiger partial charge in [-0.3, -0.25) is 19.3 Å². The summed E-state index contributed by atoms with van der Waals surface area (Å²) in [6, 6.07) is 14.3. The first-order valence-corrected chi connectivity index (χ1v) is 9.19. The molecule has 1 N–H and O–H groups in total. The van der Waals surface area contributed by atoms with E-state index in [-0.39, 0.29) is 25.5 Å². The molecular weight excluding hydrogens is 374 g/mol. The fourth-order valence-electron chi connectivity index (χ4n) is 2.85. The third kappa shape index (κ3) is 5.25. The molecule has 0 saturated heterocycles. The number of hydrogen-bond acceptors (Lipinski definition) is 6. The van der Waals surface area contributed by atoms with Crippen LogP contribution >= 0.6 is 0 Å². The summed E-state index contributed by atoms with van der Waals surface area (Å²) in [6.07, 6.45) is 0.158. The average Bonchev–Trinajstić information content (AvgIpc) is 2.86. The van der Waals surface area contributed by atoms with E-state index in [0.29, 0.717) is 17.1 Å². The molecule has 1 aliphatic rings. The molecule has 0 radical (unpaired) electrons. The van der Waals surface area contributed by atoms with Gasteiger partial charge in [0.15, 0.2) is 6.61 Å². The topological polar surface area (TPSA) is 88.2 Å². The number of benzene rings is 2. The molecule has 2 aromatic rings. The van der Waals surface area contributed by atoms with Gasteiger partial charge >= 0.3 is 5.97 Å². The van der Waals surface area contributed by atoms with Crippen LogP contribution in [0.1, 0.15) is 6.42 Å². The van der Waals surface area contributed by atoms with Crippen LogP contribution in [0, 0.1) is 0 Å². The third-order valence-corrected chi connectivity index (χ3v) is 4.35. The van der Waals surface area contributed by atoms with Crippen molar-refractivity contribution in [2.75, 3.05) is 49.0 Å². The summed E-state index contributed by atoms with van der Waals surface area (Å²) in [7, 11) is 3.85. The van der Waals surface area contributed by atoms with Gasteiger partial charge in [0.2, 0.25) is 5.91 Å². The second-order valence-corrected chi connectivity index (χ2v) is 6.70. The summed E-state index contributed by atoms with van der Waals surface area (Å²) in [4.78, 5) is 39.8. The number of nitrogens with one attached hydrogen (secondary N) is 1. The van der Waals surface area contributed by atoms with Crippen LogP contribution in [0.25, 0.3) is 0 Å². The summed E-state index contributed by atoms with van der Waals surface area (Å²) in [5, 5.41) is 2.67. The Morgan fingerprint density at radius 1 is 1.14 bits per heavy atom. The molecule has 0 saturated carbocycles. The molecule has 1 aliphatic heterocycles. The molecule has 0 unspecified atom stereocenters. The number of ether oxygens (including phenoxy) is 2. The largest absolute Gasteiger partial charge is 0.491 e. The molecule has 0 aromatic heterocycles. The van der Waals surface area contributed by atoms with Crippen molar-refractivity contribution in [3.63, 3.8) is 0 Å². The molecule has 2 amide bonds. The number of hydrogen-bond donors (Lipinski definition) is 1. The van der Waals surface area contributed by atoms with Gasteiger partial charge in [0, 0.05) is 25.5 Å². The first-order valence-electron chi connectivity index (χ1n) is 9.19. The minimum atomic E-state index is -0.673. The second-order valence-electron chi connectivity index (χ2n) is 6.70. The third-order valence-electron chi connectivity index (χ3n) is 4.35. The van der Waals surface area contributed by atoms with Gasteiger partial charge in [-0.2, -0.15) is 0 Å². The van der Waals surface area contributed by atoms with Crippen LogP contribution in [0.3, 0.4) is 0 Å². The van der Waals surface area contributed by atoms with Crippen LogP contribution in [0.5, 0.6) is 5.75 Å². The summed E-state index contributed by atoms with van der Waals surface area (Å²) in [6.45, 7) is -0.477. The van der Waals surface area contributed by atoms with Crippen molar-refractivity contribution in [1.29, 1.82) is 0 Å². The number of carbonyl (C=O) groups excluding carboxylic acids is 3. The van der Waals surface area contributed by atoms with Crippen molar-refractivity contribution in [3.05, 3.63) is 48.5 Å². The van der Waals surface area contributed by atoms with Gasteiger partial charge in [-0.05, 0) is 36.4 Å². The van der Waals surface area contributed by atoms with Crippen molar-refractivity contribution in [2.24, 2.45) is 0 Å². The second kappa shape index (κ2) is 9.09. The van der Waals surface area contributed by atoms with Gasteiger partial charge in [-0.15, -0.1) is 0 Å². The first kappa shape index (κ1) is 20.2. The maximum atomic E-state index is 12.3. The van der Waals surface area contributed by atoms with Crippen molar-refractivity contribution in [2.45, 2.75) is 6.42 Å². The highest BCUT2D eigenvalue weighted by Gasteiger charge is 2.25. The molecule has 0 atom stereocenters. The number of anilines is 3. The van der Waals surface area contributed by atoms with Crippen LogP contribution in [0.4, 0.5) is 17.1 Å². The maximum Gasteiger partial charge on any atom is 0.326 e. The molecule has 2 aromatic carbocycles. The number of para-hydroxylation sites is 2. The van der Waals surface area contributed by atoms with E-state index in [1.54, 1.807) is 36.4 Å². The van der Waals surface area contributed by atoms with Crippen molar-refractivity contribution < 1.29 is 23.9 Å². The Morgan fingerprint density at radius 2 is 1.86 bits per heavy atom. The first-order chi connectivity index (χ1) is 13.9. The van der Waals surface area contributed by atoms with E-state index in [2.05, 4.69) is 5.32 Å². The van der Waals surface area contributed by atoms with E-state index in [1.165, 1.54) is 4.90 Å². The molecule has 152 valence electrons. The van der Waals surface area contributed by atoms with Crippen LogP contribution in [0.15, 0.2) is 48.5 Å². The van der Waals surface area contributed by atoms with Crippen molar-refractivity contribution in [1.82, 2.24) is 0 Å². The van der Waals surface area contributed by atoms with Crippen LogP contribution in [-0.2, 0) is 19.1 Å². The zero-order valence-electron chi connectivity index (χ0n) is 16.4. The smallest absolute Gasteiger partial charge is 0.326 e. The van der Waals surface area contributed by atoms with E-state index in [9.17, 15) is 14.4 Å². The average molecular weight is 397 g/mol. The van der Waals surface area contributed by atoms with Gasteiger partial charge in [0.25, 0.3) is 5.91 Å². The van der Waals surface area contributed by atoms with Gasteiger partial charge in [-0.25, -0.2) is 0 Å². The highest BCUT2D eigenvalue weighted by molar-refractivity contribution is 6.00. The normalized spacial score (nSPS) is 13.0. The number of nitrogens with zero attached hydrogens (tertiary/aromatic N) is 2. The van der Waals surface area contributed by atoms with Gasteiger partial charge < -0.3 is 19.7 Å². The van der Waals surface area contributed by atoms with E-state index in [4.69, 9.17) is 9.47 Å².